The summed E-state index contributed by atoms with van der Waals surface area (Å²) in [6.07, 6.45) is 6.33. The van der Waals surface area contributed by atoms with E-state index in [1.807, 2.05) is 0 Å². The summed E-state index contributed by atoms with van der Waals surface area (Å²) in [6.45, 7) is 6.33. The van der Waals surface area contributed by atoms with Crippen LogP contribution in [0.3, 0.4) is 0 Å². The van der Waals surface area contributed by atoms with Crippen LogP contribution >= 0.6 is 0 Å². The van der Waals surface area contributed by atoms with Gasteiger partial charge in [-0.25, -0.2) is 0 Å². The van der Waals surface area contributed by atoms with E-state index in [2.05, 4.69) is 126 Å². The van der Waals surface area contributed by atoms with Crippen molar-refractivity contribution in [2.75, 3.05) is 0 Å². The summed E-state index contributed by atoms with van der Waals surface area (Å²) >= 11 is 0. The summed E-state index contributed by atoms with van der Waals surface area (Å²) in [5.74, 6) is 0. The molecular weight excluding hydrogens is 330 g/mol. The van der Waals surface area contributed by atoms with Gasteiger partial charge in [-0.1, -0.05) is 66.8 Å². The highest BCUT2D eigenvalue weighted by molar-refractivity contribution is 5.28. The molecular formula is C24H24N3+3. The van der Waals surface area contributed by atoms with Crippen molar-refractivity contribution in [2.45, 2.75) is 20.8 Å². The lowest BCUT2D eigenvalue weighted by atomic mass is 10.2. The number of hydrogen-bond acceptors (Lipinski definition) is 0. The molecule has 0 amide bonds. The Hall–Kier alpha value is -3.33. The highest BCUT2D eigenvalue weighted by atomic mass is 15.2. The molecule has 0 saturated heterocycles. The zero-order valence-electron chi connectivity index (χ0n) is 16.0. The smallest absolute Gasteiger partial charge is 0.0527 e. The third-order valence-electron chi connectivity index (χ3n) is 4.74. The summed E-state index contributed by atoms with van der Waals surface area (Å²) in [5, 5.41) is 0. The Morgan fingerprint density at radius 2 is 0.593 bits per heavy atom. The summed E-state index contributed by atoms with van der Waals surface area (Å²) in [4.78, 5) is 0. The molecule has 0 bridgehead atoms. The summed E-state index contributed by atoms with van der Waals surface area (Å²) in [6, 6.07) is 25.7. The normalized spacial score (nSPS) is 10.8. The minimum absolute atomic E-state index is 1.13. The Balaban J connectivity index is 1.89. The fourth-order valence-corrected chi connectivity index (χ4v) is 3.04. The lowest BCUT2D eigenvalue weighted by molar-refractivity contribution is -0.858. The predicted octanol–water partition coefficient (Wildman–Crippen LogP) is 3.44. The van der Waals surface area contributed by atoms with Gasteiger partial charge in [0.25, 0.3) is 0 Å². The molecule has 0 unspecified atom stereocenters. The molecule has 3 aromatic carbocycles. The van der Waals surface area contributed by atoms with E-state index in [1.165, 1.54) is 16.7 Å². The minimum Gasteiger partial charge on any atom is -0.0527 e. The zero-order valence-corrected chi connectivity index (χ0v) is 16.0. The number of rotatable bonds is 3. The van der Waals surface area contributed by atoms with Crippen LogP contribution in [0.5, 0.6) is 0 Å². The van der Waals surface area contributed by atoms with Crippen molar-refractivity contribution in [3.05, 3.63) is 108 Å². The Bertz CT molecular complexity index is 910. The molecule has 0 saturated carbocycles. The molecule has 27 heavy (non-hydrogen) atoms. The van der Waals surface area contributed by atoms with Gasteiger partial charge in [0, 0.05) is 36.4 Å². The average Bonchev–Trinajstić information content (AvgIpc) is 2.69. The van der Waals surface area contributed by atoms with Crippen LogP contribution in [0.1, 0.15) is 16.7 Å². The molecule has 0 atom stereocenters. The van der Waals surface area contributed by atoms with Crippen molar-refractivity contribution in [1.82, 2.24) is 0 Å². The van der Waals surface area contributed by atoms with Crippen molar-refractivity contribution in [3.63, 3.8) is 0 Å². The highest BCUT2D eigenvalue weighted by Crippen LogP contribution is 2.05. The standard InChI is InChI=1S/C24H24N3/c1-19-4-10-22(11-5-19)25-16-26(23-12-6-20(2)7-13-23)18-27(17-25)24-14-8-21(3)9-15-24/h4-18H,1-3H3/q+3. The third-order valence-corrected chi connectivity index (χ3v) is 4.74. The van der Waals surface area contributed by atoms with E-state index < -0.39 is 0 Å². The maximum Gasteiger partial charge on any atom is 0.428 e. The monoisotopic (exact) mass is 354 g/mol. The van der Waals surface area contributed by atoms with Crippen molar-refractivity contribution in [1.29, 1.82) is 0 Å². The van der Waals surface area contributed by atoms with E-state index in [1.54, 1.807) is 0 Å². The van der Waals surface area contributed by atoms with Crippen LogP contribution in [0.4, 0.5) is 0 Å². The molecule has 0 aliphatic carbocycles. The van der Waals surface area contributed by atoms with Crippen molar-refractivity contribution < 1.29 is 13.7 Å². The number of nitrogens with zero attached hydrogens (tertiary/aromatic N) is 3. The van der Waals surface area contributed by atoms with E-state index in [0.717, 1.165) is 17.1 Å². The molecule has 4 aromatic rings. The quantitative estimate of drug-likeness (QED) is 0.500. The topological polar surface area (TPSA) is 11.6 Å². The lowest BCUT2D eigenvalue weighted by Gasteiger charge is -1.99. The van der Waals surface area contributed by atoms with Crippen LogP contribution in [0.15, 0.2) is 91.8 Å². The second-order valence-corrected chi connectivity index (χ2v) is 7.07. The van der Waals surface area contributed by atoms with Gasteiger partial charge in [-0.05, 0) is 20.8 Å². The minimum atomic E-state index is 1.13. The van der Waals surface area contributed by atoms with Gasteiger partial charge in [0.1, 0.15) is 0 Å². The van der Waals surface area contributed by atoms with E-state index >= 15 is 0 Å². The number of hydrogen-bond donors (Lipinski definition) is 0. The van der Waals surface area contributed by atoms with Crippen LogP contribution in [0.25, 0.3) is 17.1 Å². The van der Waals surface area contributed by atoms with Crippen LogP contribution in [0.2, 0.25) is 0 Å². The second-order valence-electron chi connectivity index (χ2n) is 7.07. The summed E-state index contributed by atoms with van der Waals surface area (Å²) < 4.78 is 6.46. The molecule has 3 nitrogen and oxygen atoms in total. The van der Waals surface area contributed by atoms with Gasteiger partial charge >= 0.3 is 19.0 Å². The molecule has 0 N–H and O–H groups in total. The van der Waals surface area contributed by atoms with Gasteiger partial charge in [-0.2, -0.15) is 0 Å². The van der Waals surface area contributed by atoms with Gasteiger partial charge in [0.2, 0.25) is 17.1 Å². The molecule has 0 radical (unpaired) electrons. The Labute approximate surface area is 160 Å². The number of aromatic nitrogens is 3. The lowest BCUT2D eigenvalue weighted by Crippen LogP contribution is -2.55. The molecule has 1 heterocycles. The molecule has 1 aromatic heterocycles. The maximum absolute atomic E-state index is 2.15. The Morgan fingerprint density at radius 3 is 0.815 bits per heavy atom. The fraction of sp³-hybridized carbons (Fsp3) is 0.125. The van der Waals surface area contributed by atoms with Crippen molar-refractivity contribution >= 4 is 0 Å². The van der Waals surface area contributed by atoms with E-state index in [4.69, 9.17) is 0 Å². The molecule has 0 aliphatic heterocycles. The zero-order chi connectivity index (χ0) is 18.8. The maximum atomic E-state index is 2.15. The van der Waals surface area contributed by atoms with Crippen LogP contribution in [-0.4, -0.2) is 0 Å². The SMILES string of the molecule is Cc1ccc(-[n+]2c[n+](-c3ccc(C)cc3)c[n+](-c3ccc(C)cc3)c2)cc1. The van der Waals surface area contributed by atoms with Gasteiger partial charge in [-0.15, -0.1) is 0 Å². The van der Waals surface area contributed by atoms with Gasteiger partial charge in [0.05, 0.1) is 0 Å². The molecule has 3 heteroatoms. The van der Waals surface area contributed by atoms with Crippen molar-refractivity contribution in [3.8, 4) is 17.1 Å². The molecule has 0 aliphatic rings. The largest absolute Gasteiger partial charge is 0.428 e. The first-order chi connectivity index (χ1) is 13.1. The first kappa shape index (κ1) is 17.1. The Morgan fingerprint density at radius 1 is 0.370 bits per heavy atom. The van der Waals surface area contributed by atoms with E-state index in [0.29, 0.717) is 0 Å². The summed E-state index contributed by atoms with van der Waals surface area (Å²) in [5.41, 5.74) is 7.16. The van der Waals surface area contributed by atoms with Crippen molar-refractivity contribution in [2.24, 2.45) is 0 Å². The van der Waals surface area contributed by atoms with E-state index in [-0.39, 0.29) is 0 Å². The first-order valence-corrected chi connectivity index (χ1v) is 9.18. The van der Waals surface area contributed by atoms with Gasteiger partial charge < -0.3 is 0 Å². The highest BCUT2D eigenvalue weighted by Gasteiger charge is 2.24. The first-order valence-electron chi connectivity index (χ1n) is 9.18. The van der Waals surface area contributed by atoms with Crippen LogP contribution in [-0.2, 0) is 0 Å². The van der Waals surface area contributed by atoms with Crippen LogP contribution in [0, 0.1) is 20.8 Å². The van der Waals surface area contributed by atoms with E-state index in [9.17, 15) is 0 Å². The molecule has 132 valence electrons. The number of aryl methyl sites for hydroxylation is 3. The van der Waals surface area contributed by atoms with Gasteiger partial charge in [-0.3, -0.25) is 0 Å². The van der Waals surface area contributed by atoms with Crippen LogP contribution < -0.4 is 13.7 Å². The second kappa shape index (κ2) is 7.12. The molecule has 0 fully saturated rings. The average molecular weight is 354 g/mol. The molecule has 0 spiro atoms. The Kier molecular flexibility index (Phi) is 4.51. The summed E-state index contributed by atoms with van der Waals surface area (Å²) in [7, 11) is 0. The predicted molar refractivity (Wildman–Crippen MR) is 105 cm³/mol. The number of benzene rings is 3. The third kappa shape index (κ3) is 3.77. The fourth-order valence-electron chi connectivity index (χ4n) is 3.04. The van der Waals surface area contributed by atoms with Gasteiger partial charge in [0.15, 0.2) is 0 Å². The molecule has 4 rings (SSSR count).